The van der Waals surface area contributed by atoms with Crippen LogP contribution in [0.25, 0.3) is 0 Å². The van der Waals surface area contributed by atoms with Gasteiger partial charge in [0, 0.05) is 19.6 Å². The number of amides is 1. The van der Waals surface area contributed by atoms with Crippen molar-refractivity contribution in [2.45, 2.75) is 18.1 Å². The molecular weight excluding hydrogens is 172 g/mol. The quantitative estimate of drug-likeness (QED) is 0.504. The molecule has 0 aromatic carbocycles. The molecule has 2 aliphatic heterocycles. The highest BCUT2D eigenvalue weighted by Crippen LogP contribution is 2.22. The molecule has 1 amide bonds. The van der Waals surface area contributed by atoms with E-state index in [4.69, 9.17) is 10.5 Å². The Hall–Kier alpha value is -0.650. The van der Waals surface area contributed by atoms with E-state index in [0.717, 1.165) is 0 Å². The summed E-state index contributed by atoms with van der Waals surface area (Å²) in [5.74, 6) is -0.0691. The van der Waals surface area contributed by atoms with Gasteiger partial charge in [0.05, 0.1) is 13.2 Å². The lowest BCUT2D eigenvalue weighted by atomic mass is 9.99. The van der Waals surface area contributed by atoms with E-state index in [-0.39, 0.29) is 11.9 Å². The predicted molar refractivity (Wildman–Crippen MR) is 44.9 cm³/mol. The normalized spacial score (nSPS) is 39.4. The molecule has 2 heterocycles. The number of nitrogens with zero attached hydrogens (tertiary/aromatic N) is 1. The van der Waals surface area contributed by atoms with Crippen molar-refractivity contribution in [3.05, 3.63) is 0 Å². The summed E-state index contributed by atoms with van der Waals surface area (Å²) in [6.07, 6.45) is 0.603. The molecule has 2 atom stereocenters. The molecule has 5 nitrogen and oxygen atoms in total. The second-order valence-electron chi connectivity index (χ2n) is 3.85. The van der Waals surface area contributed by atoms with Gasteiger partial charge in [-0.05, 0) is 0 Å². The standard InChI is InChI=1S/C8H14N2O3/c9-6-3-10(7(6)11)4-8(12)1-2-13-5-8/h6,12H,1-5,9H2. The number of β-lactam (4-membered cyclic amide) rings is 1. The van der Waals surface area contributed by atoms with Crippen LogP contribution in [0, 0.1) is 0 Å². The van der Waals surface area contributed by atoms with Gasteiger partial charge in [0.1, 0.15) is 11.6 Å². The molecule has 3 N–H and O–H groups in total. The van der Waals surface area contributed by atoms with E-state index in [1.807, 2.05) is 0 Å². The zero-order chi connectivity index (χ0) is 9.47. The van der Waals surface area contributed by atoms with Crippen LogP contribution in [0.3, 0.4) is 0 Å². The van der Waals surface area contributed by atoms with Gasteiger partial charge in [-0.3, -0.25) is 4.79 Å². The van der Waals surface area contributed by atoms with Crippen LogP contribution in [-0.4, -0.2) is 53.9 Å². The van der Waals surface area contributed by atoms with E-state index >= 15 is 0 Å². The fourth-order valence-corrected chi connectivity index (χ4v) is 1.75. The molecule has 0 aromatic heterocycles. The molecule has 0 radical (unpaired) electrons. The summed E-state index contributed by atoms with van der Waals surface area (Å²) >= 11 is 0. The minimum absolute atomic E-state index is 0.0691. The smallest absolute Gasteiger partial charge is 0.241 e. The maximum atomic E-state index is 11.1. The number of ether oxygens (including phenoxy) is 1. The number of aliphatic hydroxyl groups is 1. The number of carbonyl (C=O) groups excluding carboxylic acids is 1. The first-order valence-electron chi connectivity index (χ1n) is 4.45. The van der Waals surface area contributed by atoms with Crippen LogP contribution in [0.1, 0.15) is 6.42 Å². The third-order valence-corrected chi connectivity index (χ3v) is 2.61. The Kier molecular flexibility index (Phi) is 2.02. The third kappa shape index (κ3) is 1.54. The molecule has 2 saturated heterocycles. The maximum Gasteiger partial charge on any atom is 0.241 e. The highest BCUT2D eigenvalue weighted by Gasteiger charge is 2.41. The monoisotopic (exact) mass is 186 g/mol. The van der Waals surface area contributed by atoms with Crippen molar-refractivity contribution >= 4 is 5.91 Å². The highest BCUT2D eigenvalue weighted by atomic mass is 16.5. The minimum atomic E-state index is -0.837. The SMILES string of the molecule is NC1CN(CC2(O)CCOC2)C1=O. The van der Waals surface area contributed by atoms with Gasteiger partial charge in [0.25, 0.3) is 0 Å². The molecule has 13 heavy (non-hydrogen) atoms. The Labute approximate surface area is 76.5 Å². The Balaban J connectivity index is 1.88. The Bertz CT molecular complexity index is 225. The van der Waals surface area contributed by atoms with Gasteiger partial charge in [0.15, 0.2) is 0 Å². The largest absolute Gasteiger partial charge is 0.386 e. The fraction of sp³-hybridized carbons (Fsp3) is 0.875. The lowest BCUT2D eigenvalue weighted by molar-refractivity contribution is -0.147. The van der Waals surface area contributed by atoms with E-state index in [0.29, 0.717) is 32.7 Å². The molecule has 0 aromatic rings. The summed E-state index contributed by atoms with van der Waals surface area (Å²) in [4.78, 5) is 12.7. The fourth-order valence-electron chi connectivity index (χ4n) is 1.75. The molecule has 74 valence electrons. The first kappa shape index (κ1) is 8.93. The van der Waals surface area contributed by atoms with E-state index in [1.54, 1.807) is 4.90 Å². The van der Waals surface area contributed by atoms with Gasteiger partial charge < -0.3 is 20.5 Å². The van der Waals surface area contributed by atoms with Crippen LogP contribution in [-0.2, 0) is 9.53 Å². The molecule has 2 unspecified atom stereocenters. The van der Waals surface area contributed by atoms with Crippen LogP contribution >= 0.6 is 0 Å². The van der Waals surface area contributed by atoms with Crippen LogP contribution in [0.15, 0.2) is 0 Å². The number of hydrogen-bond acceptors (Lipinski definition) is 4. The van der Waals surface area contributed by atoms with Crippen molar-refractivity contribution in [2.75, 3.05) is 26.3 Å². The summed E-state index contributed by atoms with van der Waals surface area (Å²) in [7, 11) is 0. The van der Waals surface area contributed by atoms with E-state index < -0.39 is 5.60 Å². The second kappa shape index (κ2) is 2.94. The first-order chi connectivity index (χ1) is 6.11. The van der Waals surface area contributed by atoms with Gasteiger partial charge in [-0.25, -0.2) is 0 Å². The number of carbonyl (C=O) groups is 1. The number of β-amino-alcohol motifs (C(OH)–C–C–N with tert-alkyl or cyclic N) is 1. The number of nitrogens with two attached hydrogens (primary N) is 1. The van der Waals surface area contributed by atoms with Crippen molar-refractivity contribution in [1.29, 1.82) is 0 Å². The lowest BCUT2D eigenvalue weighted by Gasteiger charge is -2.40. The average Bonchev–Trinajstić information content (AvgIpc) is 2.51. The molecule has 0 aliphatic carbocycles. The zero-order valence-corrected chi connectivity index (χ0v) is 7.40. The van der Waals surface area contributed by atoms with Crippen molar-refractivity contribution < 1.29 is 14.6 Å². The van der Waals surface area contributed by atoms with Gasteiger partial charge in [-0.2, -0.15) is 0 Å². The van der Waals surface area contributed by atoms with Crippen molar-refractivity contribution in [2.24, 2.45) is 5.73 Å². The van der Waals surface area contributed by atoms with Crippen LogP contribution in [0.2, 0.25) is 0 Å². The van der Waals surface area contributed by atoms with Gasteiger partial charge in [0.2, 0.25) is 5.91 Å². The van der Waals surface area contributed by atoms with Crippen LogP contribution < -0.4 is 5.73 Å². The topological polar surface area (TPSA) is 75.8 Å². The summed E-state index contributed by atoms with van der Waals surface area (Å²) in [6, 6.07) is -0.356. The Morgan fingerprint density at radius 3 is 3.00 bits per heavy atom. The maximum absolute atomic E-state index is 11.1. The second-order valence-corrected chi connectivity index (χ2v) is 3.85. The van der Waals surface area contributed by atoms with Crippen LogP contribution in [0.5, 0.6) is 0 Å². The Morgan fingerprint density at radius 2 is 2.54 bits per heavy atom. The molecule has 5 heteroatoms. The van der Waals surface area contributed by atoms with Crippen LogP contribution in [0.4, 0.5) is 0 Å². The molecule has 2 rings (SSSR count). The molecule has 2 aliphatic rings. The number of hydrogen-bond donors (Lipinski definition) is 2. The molecule has 0 bridgehead atoms. The number of likely N-dealkylation sites (tertiary alicyclic amines) is 1. The first-order valence-corrected chi connectivity index (χ1v) is 4.45. The zero-order valence-electron chi connectivity index (χ0n) is 7.40. The summed E-state index contributed by atoms with van der Waals surface area (Å²) in [5, 5.41) is 9.87. The summed E-state index contributed by atoms with van der Waals surface area (Å²) in [6.45, 7) is 1.82. The highest BCUT2D eigenvalue weighted by molar-refractivity contribution is 5.87. The molecular formula is C8H14N2O3. The van der Waals surface area contributed by atoms with Gasteiger partial charge in [-0.15, -0.1) is 0 Å². The molecule has 0 spiro atoms. The van der Waals surface area contributed by atoms with Crippen molar-refractivity contribution in [3.8, 4) is 0 Å². The lowest BCUT2D eigenvalue weighted by Crippen LogP contribution is -2.64. The van der Waals surface area contributed by atoms with Gasteiger partial charge in [-0.1, -0.05) is 0 Å². The third-order valence-electron chi connectivity index (χ3n) is 2.61. The summed E-state index contributed by atoms with van der Waals surface area (Å²) < 4.78 is 5.07. The van der Waals surface area contributed by atoms with Crippen molar-refractivity contribution in [3.63, 3.8) is 0 Å². The van der Waals surface area contributed by atoms with E-state index in [9.17, 15) is 9.90 Å². The minimum Gasteiger partial charge on any atom is -0.386 e. The molecule has 2 fully saturated rings. The predicted octanol–water partition coefficient (Wildman–Crippen LogP) is -1.69. The van der Waals surface area contributed by atoms with E-state index in [2.05, 4.69) is 0 Å². The van der Waals surface area contributed by atoms with E-state index in [1.165, 1.54) is 0 Å². The molecule has 0 saturated carbocycles. The van der Waals surface area contributed by atoms with Gasteiger partial charge >= 0.3 is 0 Å². The Morgan fingerprint density at radius 1 is 1.77 bits per heavy atom. The van der Waals surface area contributed by atoms with Crippen molar-refractivity contribution in [1.82, 2.24) is 4.90 Å². The summed E-state index contributed by atoms with van der Waals surface area (Å²) in [5.41, 5.74) is 4.59. The average molecular weight is 186 g/mol. The number of rotatable bonds is 2.